The molecule has 4 heteroatoms. The fourth-order valence-corrected chi connectivity index (χ4v) is 2.59. The summed E-state index contributed by atoms with van der Waals surface area (Å²) < 4.78 is 0. The van der Waals surface area contributed by atoms with Crippen LogP contribution in [0.1, 0.15) is 42.6 Å². The van der Waals surface area contributed by atoms with Crippen molar-refractivity contribution in [3.8, 4) is 0 Å². The summed E-state index contributed by atoms with van der Waals surface area (Å²) in [5, 5.41) is 8.96. The first-order valence-electron chi connectivity index (χ1n) is 6.52. The van der Waals surface area contributed by atoms with E-state index < -0.39 is 6.09 Å². The standard InChI is InChI=1S/C15H19NO3/c1-11(17)12-3-5-13(6-4-12)15(2)7-9-16(10-8-15)14(18)19/h3-6H,7-10H2,1-2H3,(H,18,19). The largest absolute Gasteiger partial charge is 0.465 e. The molecule has 0 saturated carbocycles. The van der Waals surface area contributed by atoms with Gasteiger partial charge < -0.3 is 10.0 Å². The second kappa shape index (κ2) is 5.03. The molecule has 0 aliphatic carbocycles. The van der Waals surface area contributed by atoms with Crippen LogP contribution in [-0.2, 0) is 5.41 Å². The van der Waals surface area contributed by atoms with Crippen molar-refractivity contribution in [3.63, 3.8) is 0 Å². The van der Waals surface area contributed by atoms with Crippen molar-refractivity contribution in [1.82, 2.24) is 4.90 Å². The molecule has 1 N–H and O–H groups in total. The molecule has 0 unspecified atom stereocenters. The molecule has 1 saturated heterocycles. The minimum atomic E-state index is -0.839. The van der Waals surface area contributed by atoms with Crippen molar-refractivity contribution in [2.24, 2.45) is 0 Å². The minimum Gasteiger partial charge on any atom is -0.465 e. The smallest absolute Gasteiger partial charge is 0.407 e. The van der Waals surface area contributed by atoms with Crippen molar-refractivity contribution in [2.75, 3.05) is 13.1 Å². The molecule has 1 aromatic rings. The Hall–Kier alpha value is -1.84. The predicted octanol–water partition coefficient (Wildman–Crippen LogP) is 2.92. The Morgan fingerprint density at radius 3 is 2.11 bits per heavy atom. The summed E-state index contributed by atoms with van der Waals surface area (Å²) in [6.07, 6.45) is 0.797. The Balaban J connectivity index is 2.13. The molecule has 0 aromatic heterocycles. The topological polar surface area (TPSA) is 57.6 Å². The molecule has 1 heterocycles. The average Bonchev–Trinajstić information content (AvgIpc) is 2.39. The predicted molar refractivity (Wildman–Crippen MR) is 72.6 cm³/mol. The summed E-state index contributed by atoms with van der Waals surface area (Å²) in [6.45, 7) is 4.86. The van der Waals surface area contributed by atoms with Gasteiger partial charge in [-0.1, -0.05) is 31.2 Å². The number of hydrogen-bond donors (Lipinski definition) is 1. The number of piperidine rings is 1. The number of likely N-dealkylation sites (tertiary alicyclic amines) is 1. The van der Waals surface area contributed by atoms with Crippen molar-refractivity contribution < 1.29 is 14.7 Å². The van der Waals surface area contributed by atoms with E-state index in [4.69, 9.17) is 5.11 Å². The van der Waals surface area contributed by atoms with Crippen LogP contribution in [0, 0.1) is 0 Å². The normalized spacial score (nSPS) is 18.1. The van der Waals surface area contributed by atoms with E-state index in [0.29, 0.717) is 13.1 Å². The number of carbonyl (C=O) groups excluding carboxylic acids is 1. The van der Waals surface area contributed by atoms with E-state index in [9.17, 15) is 9.59 Å². The van der Waals surface area contributed by atoms with Crippen molar-refractivity contribution >= 4 is 11.9 Å². The molecule has 2 rings (SSSR count). The molecule has 4 nitrogen and oxygen atoms in total. The van der Waals surface area contributed by atoms with Crippen molar-refractivity contribution in [1.29, 1.82) is 0 Å². The molecule has 0 radical (unpaired) electrons. The third kappa shape index (κ3) is 2.78. The number of carbonyl (C=O) groups is 2. The summed E-state index contributed by atoms with van der Waals surface area (Å²) >= 11 is 0. The quantitative estimate of drug-likeness (QED) is 0.833. The first-order valence-corrected chi connectivity index (χ1v) is 6.52. The van der Waals surface area contributed by atoms with Crippen LogP contribution < -0.4 is 0 Å². The highest BCUT2D eigenvalue weighted by molar-refractivity contribution is 5.94. The summed E-state index contributed by atoms with van der Waals surface area (Å²) in [7, 11) is 0. The van der Waals surface area contributed by atoms with Gasteiger partial charge in [-0.15, -0.1) is 0 Å². The Morgan fingerprint density at radius 2 is 1.68 bits per heavy atom. The summed E-state index contributed by atoms with van der Waals surface area (Å²) in [5.74, 6) is 0.0670. The van der Waals surface area contributed by atoms with E-state index in [1.807, 2.05) is 24.3 Å². The molecule has 102 valence electrons. The van der Waals surface area contributed by atoms with Crippen LogP contribution in [0.2, 0.25) is 0 Å². The van der Waals surface area contributed by atoms with E-state index in [-0.39, 0.29) is 11.2 Å². The zero-order valence-electron chi connectivity index (χ0n) is 11.3. The van der Waals surface area contributed by atoms with Gasteiger partial charge in [-0.3, -0.25) is 4.79 Å². The SMILES string of the molecule is CC(=O)c1ccc(C2(C)CCN(C(=O)O)CC2)cc1. The highest BCUT2D eigenvalue weighted by Gasteiger charge is 2.33. The molecule has 0 spiro atoms. The number of rotatable bonds is 2. The lowest BCUT2D eigenvalue weighted by Gasteiger charge is -2.38. The molecule has 0 atom stereocenters. The third-order valence-corrected chi connectivity index (χ3v) is 4.13. The van der Waals surface area contributed by atoms with Gasteiger partial charge in [0, 0.05) is 18.7 Å². The van der Waals surface area contributed by atoms with Gasteiger partial charge in [0.25, 0.3) is 0 Å². The van der Waals surface area contributed by atoms with Crippen LogP contribution in [0.5, 0.6) is 0 Å². The monoisotopic (exact) mass is 261 g/mol. The average molecular weight is 261 g/mol. The maximum Gasteiger partial charge on any atom is 0.407 e. The Labute approximate surface area is 113 Å². The van der Waals surface area contributed by atoms with Gasteiger partial charge in [0.1, 0.15) is 0 Å². The molecule has 1 aliphatic rings. The van der Waals surface area contributed by atoms with Crippen molar-refractivity contribution in [3.05, 3.63) is 35.4 Å². The molecule has 1 aliphatic heterocycles. The van der Waals surface area contributed by atoms with Gasteiger partial charge in [-0.2, -0.15) is 0 Å². The Bertz CT molecular complexity index is 485. The van der Waals surface area contributed by atoms with E-state index in [1.54, 1.807) is 6.92 Å². The second-order valence-corrected chi connectivity index (χ2v) is 5.46. The lowest BCUT2D eigenvalue weighted by atomic mass is 9.74. The molecular weight excluding hydrogens is 242 g/mol. The fourth-order valence-electron chi connectivity index (χ4n) is 2.59. The highest BCUT2D eigenvalue weighted by atomic mass is 16.4. The molecule has 1 aromatic carbocycles. The number of amides is 1. The van der Waals surface area contributed by atoms with Gasteiger partial charge in [0.05, 0.1) is 0 Å². The molecule has 19 heavy (non-hydrogen) atoms. The Kier molecular flexibility index (Phi) is 3.60. The zero-order valence-corrected chi connectivity index (χ0v) is 11.3. The summed E-state index contributed by atoms with van der Waals surface area (Å²) in [4.78, 5) is 23.6. The van der Waals surface area contributed by atoms with Crippen LogP contribution in [0.15, 0.2) is 24.3 Å². The summed E-state index contributed by atoms with van der Waals surface area (Å²) in [6, 6.07) is 7.69. The van der Waals surface area contributed by atoms with E-state index in [1.165, 1.54) is 10.5 Å². The van der Waals surface area contributed by atoms with Gasteiger partial charge >= 0.3 is 6.09 Å². The van der Waals surface area contributed by atoms with Crippen LogP contribution in [-0.4, -0.2) is 35.0 Å². The van der Waals surface area contributed by atoms with E-state index >= 15 is 0 Å². The maximum absolute atomic E-state index is 11.3. The third-order valence-electron chi connectivity index (χ3n) is 4.13. The van der Waals surface area contributed by atoms with Crippen LogP contribution in [0.3, 0.4) is 0 Å². The molecule has 1 amide bonds. The number of Topliss-reactive ketones (excluding diaryl/α,β-unsaturated/α-hetero) is 1. The number of hydrogen-bond acceptors (Lipinski definition) is 2. The number of benzene rings is 1. The zero-order chi connectivity index (χ0) is 14.0. The van der Waals surface area contributed by atoms with E-state index in [0.717, 1.165) is 18.4 Å². The lowest BCUT2D eigenvalue weighted by Crippen LogP contribution is -2.43. The number of ketones is 1. The second-order valence-electron chi connectivity index (χ2n) is 5.46. The number of nitrogens with zero attached hydrogens (tertiary/aromatic N) is 1. The molecule has 1 fully saturated rings. The summed E-state index contributed by atoms with van der Waals surface area (Å²) in [5.41, 5.74) is 1.90. The van der Waals surface area contributed by atoms with E-state index in [2.05, 4.69) is 6.92 Å². The molecule has 0 bridgehead atoms. The first-order chi connectivity index (χ1) is 8.92. The fraction of sp³-hybridized carbons (Fsp3) is 0.467. The van der Waals surface area contributed by atoms with Gasteiger partial charge in [0.15, 0.2) is 5.78 Å². The molecular formula is C15H19NO3. The maximum atomic E-state index is 11.3. The number of carboxylic acid groups (broad SMARTS) is 1. The van der Waals surface area contributed by atoms with Crippen LogP contribution in [0.4, 0.5) is 4.79 Å². The highest BCUT2D eigenvalue weighted by Crippen LogP contribution is 2.35. The minimum absolute atomic E-state index is 0.00126. The lowest BCUT2D eigenvalue weighted by molar-refractivity contribution is 0.101. The van der Waals surface area contributed by atoms with Gasteiger partial charge in [0.2, 0.25) is 0 Å². The van der Waals surface area contributed by atoms with Gasteiger partial charge in [-0.05, 0) is 30.7 Å². The van der Waals surface area contributed by atoms with Crippen molar-refractivity contribution in [2.45, 2.75) is 32.1 Å². The van der Waals surface area contributed by atoms with Crippen LogP contribution in [0.25, 0.3) is 0 Å². The van der Waals surface area contributed by atoms with Gasteiger partial charge in [-0.25, -0.2) is 4.79 Å². The Morgan fingerprint density at radius 1 is 1.16 bits per heavy atom. The first kappa shape index (κ1) is 13.6. The van der Waals surface area contributed by atoms with Crippen LogP contribution >= 0.6 is 0 Å².